The summed E-state index contributed by atoms with van der Waals surface area (Å²) in [5.74, 6) is -0.244. The summed E-state index contributed by atoms with van der Waals surface area (Å²) in [5, 5.41) is 6.96. The highest BCUT2D eigenvalue weighted by molar-refractivity contribution is 5.87. The van der Waals surface area contributed by atoms with Gasteiger partial charge in [0.2, 0.25) is 11.3 Å². The van der Waals surface area contributed by atoms with E-state index < -0.39 is 11.7 Å². The molecule has 1 aromatic heterocycles. The Bertz CT molecular complexity index is 928. The van der Waals surface area contributed by atoms with E-state index in [9.17, 15) is 14.4 Å². The molecule has 0 radical (unpaired) electrons. The van der Waals surface area contributed by atoms with Crippen LogP contribution in [0.3, 0.4) is 0 Å². The smallest absolute Gasteiger partial charge is 0.407 e. The first-order valence-electron chi connectivity index (χ1n) is 9.55. The first kappa shape index (κ1) is 22.1. The number of alkyl carbamates (subject to hydrolysis) is 1. The van der Waals surface area contributed by atoms with E-state index in [0.717, 1.165) is 12.8 Å². The molecule has 2 rings (SSSR count). The monoisotopic (exact) mass is 401 g/mol. The molecule has 0 bridgehead atoms. The highest BCUT2D eigenvalue weighted by Crippen LogP contribution is 2.09. The predicted molar refractivity (Wildman–Crippen MR) is 111 cm³/mol. The van der Waals surface area contributed by atoms with E-state index in [-0.39, 0.29) is 16.9 Å². The summed E-state index contributed by atoms with van der Waals surface area (Å²) in [6.07, 6.45) is 4.64. The van der Waals surface area contributed by atoms with Gasteiger partial charge < -0.3 is 14.5 Å². The van der Waals surface area contributed by atoms with Gasteiger partial charge in [-0.2, -0.15) is 5.10 Å². The Morgan fingerprint density at radius 1 is 1.17 bits per heavy atom. The summed E-state index contributed by atoms with van der Waals surface area (Å²) in [7, 11) is 0. The molecule has 0 unspecified atom stereocenters. The number of benzene rings is 1. The van der Waals surface area contributed by atoms with Crippen molar-refractivity contribution in [1.82, 2.24) is 10.7 Å². The third kappa shape index (κ3) is 7.77. The number of carbonyl (C=O) groups is 2. The molecular weight excluding hydrogens is 374 g/mol. The van der Waals surface area contributed by atoms with Gasteiger partial charge in [-0.3, -0.25) is 9.59 Å². The quantitative estimate of drug-likeness (QED) is 0.400. The summed E-state index contributed by atoms with van der Waals surface area (Å²) < 4.78 is 10.5. The third-order valence-electron chi connectivity index (χ3n) is 3.85. The van der Waals surface area contributed by atoms with Crippen molar-refractivity contribution in [3.05, 3.63) is 46.3 Å². The van der Waals surface area contributed by atoms with E-state index in [1.165, 1.54) is 12.5 Å². The molecule has 0 aliphatic rings. The Labute approximate surface area is 169 Å². The summed E-state index contributed by atoms with van der Waals surface area (Å²) in [5.41, 5.74) is 2.44. The number of hydrogen-bond donors (Lipinski definition) is 2. The minimum atomic E-state index is -0.517. The zero-order chi connectivity index (χ0) is 21.3. The van der Waals surface area contributed by atoms with Gasteiger partial charge in [-0.15, -0.1) is 0 Å². The second kappa shape index (κ2) is 10.4. The van der Waals surface area contributed by atoms with Crippen molar-refractivity contribution in [2.45, 2.75) is 52.1 Å². The minimum Gasteiger partial charge on any atom is -0.463 e. The van der Waals surface area contributed by atoms with E-state index in [2.05, 4.69) is 15.8 Å². The molecule has 8 heteroatoms. The minimum absolute atomic E-state index is 0.206. The van der Waals surface area contributed by atoms with Crippen LogP contribution in [-0.4, -0.2) is 30.4 Å². The Hall–Kier alpha value is -3.16. The van der Waals surface area contributed by atoms with Crippen LogP contribution < -0.4 is 16.2 Å². The SMILES string of the molecule is CC(C)(C)OC(=O)NCCCCCC(=O)N/N=C\c1coc2ccccc2c1=O. The van der Waals surface area contributed by atoms with E-state index in [0.29, 0.717) is 30.4 Å². The van der Waals surface area contributed by atoms with Gasteiger partial charge in [0, 0.05) is 13.0 Å². The van der Waals surface area contributed by atoms with Crippen molar-refractivity contribution in [2.24, 2.45) is 5.10 Å². The molecule has 0 fully saturated rings. The van der Waals surface area contributed by atoms with Gasteiger partial charge >= 0.3 is 6.09 Å². The standard InChI is InChI=1S/C21H27N3O5/c1-21(2,3)29-20(27)22-12-8-4-5-11-18(25)24-23-13-15-14-28-17-10-7-6-9-16(17)19(15)26/h6-7,9-10,13-14H,4-5,8,11-12H2,1-3H3,(H,22,27)(H,24,25)/b23-13-. The third-order valence-corrected chi connectivity index (χ3v) is 3.85. The largest absolute Gasteiger partial charge is 0.463 e. The number of unbranched alkanes of at least 4 members (excludes halogenated alkanes) is 2. The molecule has 1 aromatic carbocycles. The number of amides is 2. The second-order valence-corrected chi connectivity index (χ2v) is 7.55. The second-order valence-electron chi connectivity index (χ2n) is 7.55. The first-order valence-corrected chi connectivity index (χ1v) is 9.55. The normalized spacial score (nSPS) is 11.6. The average Bonchev–Trinajstić information content (AvgIpc) is 2.65. The van der Waals surface area contributed by atoms with Crippen molar-refractivity contribution in [3.63, 3.8) is 0 Å². The molecule has 0 saturated heterocycles. The molecule has 0 spiro atoms. The lowest BCUT2D eigenvalue weighted by Gasteiger charge is -2.19. The summed E-state index contributed by atoms with van der Waals surface area (Å²) in [6.45, 7) is 5.91. The summed E-state index contributed by atoms with van der Waals surface area (Å²) >= 11 is 0. The van der Waals surface area contributed by atoms with Crippen LogP contribution in [-0.2, 0) is 9.53 Å². The Morgan fingerprint density at radius 2 is 1.93 bits per heavy atom. The van der Waals surface area contributed by atoms with Crippen molar-refractivity contribution in [1.29, 1.82) is 0 Å². The highest BCUT2D eigenvalue weighted by atomic mass is 16.6. The Kier molecular flexibility index (Phi) is 7.94. The zero-order valence-electron chi connectivity index (χ0n) is 17.0. The molecule has 0 atom stereocenters. The number of para-hydroxylation sites is 1. The highest BCUT2D eigenvalue weighted by Gasteiger charge is 2.15. The molecule has 1 heterocycles. The number of hydrazone groups is 1. The molecule has 2 aromatic rings. The maximum atomic E-state index is 12.3. The Morgan fingerprint density at radius 3 is 2.69 bits per heavy atom. The summed E-state index contributed by atoms with van der Waals surface area (Å²) in [4.78, 5) is 35.6. The number of carbonyl (C=O) groups excluding carboxylic acids is 2. The van der Waals surface area contributed by atoms with Crippen LogP contribution in [0.1, 0.15) is 52.0 Å². The molecule has 156 valence electrons. The van der Waals surface area contributed by atoms with Crippen LogP contribution in [0.2, 0.25) is 0 Å². The number of nitrogens with zero attached hydrogens (tertiary/aromatic N) is 1. The molecule has 2 N–H and O–H groups in total. The van der Waals surface area contributed by atoms with Crippen LogP contribution in [0.4, 0.5) is 4.79 Å². The van der Waals surface area contributed by atoms with E-state index in [4.69, 9.17) is 9.15 Å². The van der Waals surface area contributed by atoms with Crippen LogP contribution >= 0.6 is 0 Å². The van der Waals surface area contributed by atoms with Gasteiger partial charge in [0.1, 0.15) is 17.4 Å². The van der Waals surface area contributed by atoms with E-state index in [1.807, 2.05) is 0 Å². The predicted octanol–water partition coefficient (Wildman–Crippen LogP) is 3.33. The number of nitrogens with one attached hydrogen (secondary N) is 2. The van der Waals surface area contributed by atoms with Gasteiger partial charge in [-0.05, 0) is 45.7 Å². The fourth-order valence-corrected chi connectivity index (χ4v) is 2.50. The van der Waals surface area contributed by atoms with Crippen LogP contribution in [0.25, 0.3) is 11.0 Å². The molecule has 29 heavy (non-hydrogen) atoms. The summed E-state index contributed by atoms with van der Waals surface area (Å²) in [6, 6.07) is 6.93. The molecule has 8 nitrogen and oxygen atoms in total. The van der Waals surface area contributed by atoms with Gasteiger partial charge in [-0.25, -0.2) is 10.2 Å². The maximum absolute atomic E-state index is 12.3. The molecule has 0 aliphatic carbocycles. The van der Waals surface area contributed by atoms with Crippen molar-refractivity contribution in [3.8, 4) is 0 Å². The zero-order valence-corrected chi connectivity index (χ0v) is 17.0. The van der Waals surface area contributed by atoms with Crippen molar-refractivity contribution >= 4 is 29.2 Å². The first-order chi connectivity index (χ1) is 13.8. The molecule has 2 amide bonds. The van der Waals surface area contributed by atoms with Crippen molar-refractivity contribution in [2.75, 3.05) is 6.54 Å². The number of ether oxygens (including phenoxy) is 1. The molecule has 0 saturated carbocycles. The fourth-order valence-electron chi connectivity index (χ4n) is 2.50. The average molecular weight is 401 g/mol. The van der Waals surface area contributed by atoms with Gasteiger partial charge in [-0.1, -0.05) is 18.6 Å². The van der Waals surface area contributed by atoms with E-state index >= 15 is 0 Å². The van der Waals surface area contributed by atoms with Gasteiger partial charge in [0.25, 0.3) is 0 Å². The molecular formula is C21H27N3O5. The lowest BCUT2D eigenvalue weighted by Crippen LogP contribution is -2.33. The Balaban J connectivity index is 1.66. The van der Waals surface area contributed by atoms with Crippen LogP contribution in [0, 0.1) is 0 Å². The lowest BCUT2D eigenvalue weighted by atomic mass is 10.2. The topological polar surface area (TPSA) is 110 Å². The van der Waals surface area contributed by atoms with Gasteiger partial charge in [0.15, 0.2) is 0 Å². The van der Waals surface area contributed by atoms with Crippen LogP contribution in [0.5, 0.6) is 0 Å². The maximum Gasteiger partial charge on any atom is 0.407 e. The number of rotatable bonds is 8. The van der Waals surface area contributed by atoms with Crippen LogP contribution in [0.15, 0.2) is 44.8 Å². The fraction of sp³-hybridized carbons (Fsp3) is 0.429. The van der Waals surface area contributed by atoms with Gasteiger partial charge in [0.05, 0.1) is 17.2 Å². The molecule has 0 aliphatic heterocycles. The van der Waals surface area contributed by atoms with Crippen molar-refractivity contribution < 1.29 is 18.7 Å². The lowest BCUT2D eigenvalue weighted by molar-refractivity contribution is -0.121. The number of hydrogen-bond acceptors (Lipinski definition) is 6. The number of fused-ring (bicyclic) bond motifs is 1. The van der Waals surface area contributed by atoms with E-state index in [1.54, 1.807) is 45.0 Å².